The van der Waals surface area contributed by atoms with Crippen molar-refractivity contribution in [1.29, 1.82) is 0 Å². The van der Waals surface area contributed by atoms with Gasteiger partial charge in [-0.05, 0) is 17.0 Å². The van der Waals surface area contributed by atoms with Crippen molar-refractivity contribution in [3.8, 4) is 0 Å². The van der Waals surface area contributed by atoms with Crippen molar-refractivity contribution in [2.24, 2.45) is 10.6 Å². The predicted octanol–water partition coefficient (Wildman–Crippen LogP) is 3.66. The largest absolute Gasteiger partial charge is 0.391 e. The van der Waals surface area contributed by atoms with Crippen LogP contribution in [0.4, 0.5) is 0 Å². The van der Waals surface area contributed by atoms with Gasteiger partial charge >= 0.3 is 0 Å². The molecule has 3 heteroatoms. The summed E-state index contributed by atoms with van der Waals surface area (Å²) < 4.78 is 0. The summed E-state index contributed by atoms with van der Waals surface area (Å²) in [5, 5.41) is 4.19. The number of aromatic nitrogens is 1. The normalized spacial score (nSPS) is 15.8. The maximum absolute atomic E-state index is 5.35. The van der Waals surface area contributed by atoms with Gasteiger partial charge in [0.25, 0.3) is 0 Å². The Hall–Kier alpha value is -1.38. The zero-order chi connectivity index (χ0) is 13.6. The Morgan fingerprint density at radius 2 is 1.72 bits per heavy atom. The van der Waals surface area contributed by atoms with Gasteiger partial charge in [0, 0.05) is 17.2 Å². The van der Waals surface area contributed by atoms with Gasteiger partial charge in [-0.3, -0.25) is 4.98 Å². The lowest BCUT2D eigenvalue weighted by molar-refractivity contribution is 0.122. The fourth-order valence-corrected chi connectivity index (χ4v) is 1.95. The van der Waals surface area contributed by atoms with E-state index in [0.717, 1.165) is 17.0 Å². The Balaban J connectivity index is 2.49. The molecule has 0 aromatic carbocycles. The number of hydrogen-bond acceptors (Lipinski definition) is 3. The number of nitrogens with zero attached hydrogens (tertiary/aromatic N) is 2. The third-order valence-corrected chi connectivity index (χ3v) is 3.14. The minimum atomic E-state index is -0.0502. The summed E-state index contributed by atoms with van der Waals surface area (Å²) >= 11 is 0. The molecule has 0 amide bonds. The fourth-order valence-electron chi connectivity index (χ4n) is 1.95. The van der Waals surface area contributed by atoms with E-state index in [-0.39, 0.29) is 10.8 Å². The highest BCUT2D eigenvalue weighted by molar-refractivity contribution is 6.03. The third kappa shape index (κ3) is 2.40. The molecule has 3 nitrogen and oxygen atoms in total. The van der Waals surface area contributed by atoms with E-state index in [4.69, 9.17) is 4.84 Å². The molecule has 0 atom stereocenters. The highest BCUT2D eigenvalue weighted by Gasteiger charge is 2.29. The summed E-state index contributed by atoms with van der Waals surface area (Å²) in [6.07, 6.45) is 1.96. The van der Waals surface area contributed by atoms with Crippen LogP contribution in [0, 0.1) is 5.41 Å². The standard InChI is InChI=1S/C15H22N2O/c1-14(2,3)11-7-10-9-18-17-13(15(4,5)6)12(10)16-8-11/h7-8H,9H2,1-6H3. The first-order valence-corrected chi connectivity index (χ1v) is 6.40. The van der Waals surface area contributed by atoms with Crippen molar-refractivity contribution in [2.75, 3.05) is 0 Å². The Labute approximate surface area is 109 Å². The number of hydrogen-bond donors (Lipinski definition) is 0. The Kier molecular flexibility index (Phi) is 2.96. The molecule has 0 N–H and O–H groups in total. The van der Waals surface area contributed by atoms with E-state index in [2.05, 4.69) is 57.7 Å². The van der Waals surface area contributed by atoms with E-state index in [0.29, 0.717) is 6.61 Å². The molecule has 0 radical (unpaired) electrons. The Morgan fingerprint density at radius 1 is 1.06 bits per heavy atom. The maximum atomic E-state index is 5.35. The molecule has 1 aromatic rings. The highest BCUT2D eigenvalue weighted by Crippen LogP contribution is 2.30. The molecule has 0 fully saturated rings. The van der Waals surface area contributed by atoms with Gasteiger partial charge in [0.1, 0.15) is 12.3 Å². The van der Waals surface area contributed by atoms with Crippen molar-refractivity contribution < 1.29 is 4.84 Å². The molecule has 98 valence electrons. The second-order valence-electron chi connectivity index (χ2n) is 6.95. The van der Waals surface area contributed by atoms with Crippen molar-refractivity contribution in [3.63, 3.8) is 0 Å². The molecular weight excluding hydrogens is 224 g/mol. The molecule has 1 aromatic heterocycles. The average molecular weight is 246 g/mol. The second kappa shape index (κ2) is 4.08. The van der Waals surface area contributed by atoms with E-state index in [1.54, 1.807) is 0 Å². The van der Waals surface area contributed by atoms with Crippen LogP contribution in [-0.4, -0.2) is 10.7 Å². The summed E-state index contributed by atoms with van der Waals surface area (Å²) in [5.41, 5.74) is 4.36. The molecule has 18 heavy (non-hydrogen) atoms. The first-order valence-electron chi connectivity index (χ1n) is 6.40. The summed E-state index contributed by atoms with van der Waals surface area (Å²) in [6, 6.07) is 2.20. The molecule has 0 saturated heterocycles. The van der Waals surface area contributed by atoms with Crippen LogP contribution < -0.4 is 0 Å². The van der Waals surface area contributed by atoms with Gasteiger partial charge in [-0.2, -0.15) is 0 Å². The maximum Gasteiger partial charge on any atom is 0.144 e. The Morgan fingerprint density at radius 3 is 2.28 bits per heavy atom. The molecule has 2 heterocycles. The lowest BCUT2D eigenvalue weighted by Gasteiger charge is -2.27. The van der Waals surface area contributed by atoms with E-state index in [1.165, 1.54) is 5.56 Å². The van der Waals surface area contributed by atoms with Gasteiger partial charge in [-0.15, -0.1) is 0 Å². The molecule has 0 saturated carbocycles. The summed E-state index contributed by atoms with van der Waals surface area (Å²) in [5.74, 6) is 0. The minimum Gasteiger partial charge on any atom is -0.391 e. The van der Waals surface area contributed by atoms with Gasteiger partial charge in [0.15, 0.2) is 0 Å². The number of pyridine rings is 1. The van der Waals surface area contributed by atoms with Crippen LogP contribution in [0.15, 0.2) is 17.4 Å². The zero-order valence-electron chi connectivity index (χ0n) is 12.2. The van der Waals surface area contributed by atoms with Crippen LogP contribution in [0.5, 0.6) is 0 Å². The topological polar surface area (TPSA) is 34.5 Å². The van der Waals surface area contributed by atoms with Gasteiger partial charge in [-0.25, -0.2) is 0 Å². The van der Waals surface area contributed by atoms with Crippen molar-refractivity contribution in [2.45, 2.75) is 53.6 Å². The summed E-state index contributed by atoms with van der Waals surface area (Å²) in [6.45, 7) is 13.5. The van der Waals surface area contributed by atoms with Gasteiger partial charge < -0.3 is 4.84 Å². The summed E-state index contributed by atoms with van der Waals surface area (Å²) in [7, 11) is 0. The van der Waals surface area contributed by atoms with Crippen LogP contribution in [0.1, 0.15) is 58.4 Å². The molecule has 0 spiro atoms. The van der Waals surface area contributed by atoms with Gasteiger partial charge in [-0.1, -0.05) is 46.7 Å². The Bertz CT molecular complexity index is 490. The van der Waals surface area contributed by atoms with E-state index < -0.39 is 0 Å². The highest BCUT2D eigenvalue weighted by atomic mass is 16.6. The van der Waals surface area contributed by atoms with Crippen LogP contribution >= 0.6 is 0 Å². The molecule has 0 aliphatic carbocycles. The lowest BCUT2D eigenvalue weighted by Crippen LogP contribution is -2.27. The third-order valence-electron chi connectivity index (χ3n) is 3.14. The first-order chi connectivity index (χ1) is 8.19. The summed E-state index contributed by atoms with van der Waals surface area (Å²) in [4.78, 5) is 9.97. The van der Waals surface area contributed by atoms with Gasteiger partial charge in [0.05, 0.1) is 5.69 Å². The monoisotopic (exact) mass is 246 g/mol. The molecule has 1 aliphatic rings. The number of oxime groups is 1. The van der Waals surface area contributed by atoms with Gasteiger partial charge in [0.2, 0.25) is 0 Å². The van der Waals surface area contributed by atoms with Crippen LogP contribution in [-0.2, 0) is 16.9 Å². The van der Waals surface area contributed by atoms with Crippen molar-refractivity contribution in [3.05, 3.63) is 29.1 Å². The molecule has 0 unspecified atom stereocenters. The SMILES string of the molecule is CC(C)(C)C1=NOCc2cc(C(C)(C)C)cnc21. The number of fused-ring (bicyclic) bond motifs is 1. The number of rotatable bonds is 0. The predicted molar refractivity (Wildman–Crippen MR) is 73.7 cm³/mol. The second-order valence-corrected chi connectivity index (χ2v) is 6.95. The van der Waals surface area contributed by atoms with Crippen molar-refractivity contribution >= 4 is 5.71 Å². The molecule has 0 bridgehead atoms. The fraction of sp³-hybridized carbons (Fsp3) is 0.600. The smallest absolute Gasteiger partial charge is 0.144 e. The molecular formula is C15H22N2O. The van der Waals surface area contributed by atoms with E-state index in [1.807, 2.05) is 6.20 Å². The minimum absolute atomic E-state index is 0.0502. The van der Waals surface area contributed by atoms with Crippen LogP contribution in [0.2, 0.25) is 0 Å². The lowest BCUT2D eigenvalue weighted by atomic mass is 9.83. The molecule has 1 aliphatic heterocycles. The van der Waals surface area contributed by atoms with E-state index in [9.17, 15) is 0 Å². The van der Waals surface area contributed by atoms with Crippen LogP contribution in [0.3, 0.4) is 0 Å². The average Bonchev–Trinajstić information content (AvgIpc) is 2.25. The quantitative estimate of drug-likeness (QED) is 0.700. The zero-order valence-corrected chi connectivity index (χ0v) is 12.2. The van der Waals surface area contributed by atoms with Crippen LogP contribution in [0.25, 0.3) is 0 Å². The van der Waals surface area contributed by atoms with E-state index >= 15 is 0 Å². The molecule has 2 rings (SSSR count). The van der Waals surface area contributed by atoms with Crippen molar-refractivity contribution in [1.82, 2.24) is 4.98 Å². The first kappa shape index (κ1) is 13.1.